The van der Waals surface area contributed by atoms with Crippen molar-refractivity contribution in [2.45, 2.75) is 6.92 Å². The number of aryl methyl sites for hydroxylation is 1. The molecule has 0 spiro atoms. The summed E-state index contributed by atoms with van der Waals surface area (Å²) in [7, 11) is 1.61. The van der Waals surface area contributed by atoms with Crippen LogP contribution in [0.1, 0.15) is 21.5 Å². The van der Waals surface area contributed by atoms with E-state index in [4.69, 9.17) is 4.74 Å². The van der Waals surface area contributed by atoms with Crippen LogP contribution in [-0.2, 0) is 0 Å². The number of halogens is 1. The minimum absolute atomic E-state index is 0.237. The maximum absolute atomic E-state index is 11.9. The van der Waals surface area contributed by atoms with Crippen molar-refractivity contribution in [2.75, 3.05) is 7.11 Å². The SMILES string of the molecule is COc1ccc(C=NNC(=O)c2ccc(C)cc2)cc1Br. The maximum atomic E-state index is 11.9. The monoisotopic (exact) mass is 346 g/mol. The first-order valence-corrected chi connectivity index (χ1v) is 7.13. The summed E-state index contributed by atoms with van der Waals surface area (Å²) < 4.78 is 5.98. The number of carbonyl (C=O) groups is 1. The normalized spacial score (nSPS) is 10.6. The van der Waals surface area contributed by atoms with E-state index in [1.807, 2.05) is 37.3 Å². The highest BCUT2D eigenvalue weighted by atomic mass is 79.9. The molecule has 21 heavy (non-hydrogen) atoms. The zero-order valence-electron chi connectivity index (χ0n) is 11.8. The first kappa shape index (κ1) is 15.3. The topological polar surface area (TPSA) is 50.7 Å². The van der Waals surface area contributed by atoms with Gasteiger partial charge in [0.1, 0.15) is 5.75 Å². The molecule has 2 aromatic rings. The van der Waals surface area contributed by atoms with E-state index in [2.05, 4.69) is 26.5 Å². The van der Waals surface area contributed by atoms with Crippen molar-refractivity contribution < 1.29 is 9.53 Å². The van der Waals surface area contributed by atoms with Crippen molar-refractivity contribution in [2.24, 2.45) is 5.10 Å². The predicted molar refractivity (Wildman–Crippen MR) is 86.9 cm³/mol. The lowest BCUT2D eigenvalue weighted by molar-refractivity contribution is 0.0955. The van der Waals surface area contributed by atoms with E-state index >= 15 is 0 Å². The van der Waals surface area contributed by atoms with E-state index in [9.17, 15) is 4.79 Å². The number of amides is 1. The molecule has 0 bridgehead atoms. The summed E-state index contributed by atoms with van der Waals surface area (Å²) >= 11 is 3.40. The number of methoxy groups -OCH3 is 1. The highest BCUT2D eigenvalue weighted by Gasteiger charge is 2.03. The third-order valence-electron chi connectivity index (χ3n) is 2.87. The van der Waals surface area contributed by atoms with E-state index in [0.29, 0.717) is 5.56 Å². The first-order valence-electron chi connectivity index (χ1n) is 6.34. The highest BCUT2D eigenvalue weighted by Crippen LogP contribution is 2.24. The molecule has 0 aliphatic rings. The Balaban J connectivity index is 2.00. The average Bonchev–Trinajstić information content (AvgIpc) is 2.48. The van der Waals surface area contributed by atoms with Crippen molar-refractivity contribution >= 4 is 28.1 Å². The lowest BCUT2D eigenvalue weighted by Crippen LogP contribution is -2.17. The quantitative estimate of drug-likeness (QED) is 0.680. The van der Waals surface area contributed by atoms with E-state index in [-0.39, 0.29) is 5.91 Å². The number of carbonyl (C=O) groups excluding carboxylic acids is 1. The van der Waals surface area contributed by atoms with Crippen molar-refractivity contribution in [3.63, 3.8) is 0 Å². The zero-order valence-corrected chi connectivity index (χ0v) is 13.3. The predicted octanol–water partition coefficient (Wildman–Crippen LogP) is 3.53. The van der Waals surface area contributed by atoms with Crippen LogP contribution in [0.2, 0.25) is 0 Å². The zero-order chi connectivity index (χ0) is 15.2. The second-order valence-electron chi connectivity index (χ2n) is 4.46. The molecule has 0 aliphatic heterocycles. The summed E-state index contributed by atoms with van der Waals surface area (Å²) in [6.45, 7) is 1.97. The Morgan fingerprint density at radius 3 is 2.57 bits per heavy atom. The van der Waals surface area contributed by atoms with Gasteiger partial charge in [0.25, 0.3) is 5.91 Å². The molecule has 108 valence electrons. The number of hydrazone groups is 1. The summed E-state index contributed by atoms with van der Waals surface area (Å²) in [5.41, 5.74) is 5.04. The van der Waals surface area contributed by atoms with Gasteiger partial charge in [0, 0.05) is 5.56 Å². The number of hydrogen-bond acceptors (Lipinski definition) is 3. The second-order valence-corrected chi connectivity index (χ2v) is 5.31. The molecule has 0 atom stereocenters. The van der Waals surface area contributed by atoms with Gasteiger partial charge in [0.05, 0.1) is 17.8 Å². The minimum Gasteiger partial charge on any atom is -0.496 e. The fourth-order valence-corrected chi connectivity index (χ4v) is 2.26. The molecular formula is C16H15BrN2O2. The molecule has 0 saturated carbocycles. The average molecular weight is 347 g/mol. The Bertz CT molecular complexity index is 666. The number of ether oxygens (including phenoxy) is 1. The molecule has 2 rings (SSSR count). The van der Waals surface area contributed by atoms with Crippen molar-refractivity contribution in [3.8, 4) is 5.75 Å². The Labute approximate surface area is 132 Å². The van der Waals surface area contributed by atoms with Gasteiger partial charge >= 0.3 is 0 Å². The van der Waals surface area contributed by atoms with Crippen molar-refractivity contribution in [1.82, 2.24) is 5.43 Å². The van der Waals surface area contributed by atoms with Crippen molar-refractivity contribution in [3.05, 3.63) is 63.6 Å². The summed E-state index contributed by atoms with van der Waals surface area (Å²) in [6.07, 6.45) is 1.58. The summed E-state index contributed by atoms with van der Waals surface area (Å²) in [5, 5.41) is 3.95. The number of benzene rings is 2. The second kappa shape index (κ2) is 7.04. The minimum atomic E-state index is -0.237. The lowest BCUT2D eigenvalue weighted by atomic mass is 10.1. The molecule has 1 N–H and O–H groups in total. The Morgan fingerprint density at radius 2 is 1.95 bits per heavy atom. The first-order chi connectivity index (χ1) is 10.1. The van der Waals surface area contributed by atoms with Gasteiger partial charge in [0.15, 0.2) is 0 Å². The van der Waals surface area contributed by atoms with Gasteiger partial charge < -0.3 is 4.74 Å². The smallest absolute Gasteiger partial charge is 0.271 e. The molecule has 0 aromatic heterocycles. The highest BCUT2D eigenvalue weighted by molar-refractivity contribution is 9.10. The lowest BCUT2D eigenvalue weighted by Gasteiger charge is -2.03. The fraction of sp³-hybridized carbons (Fsp3) is 0.125. The van der Waals surface area contributed by atoms with Crippen LogP contribution in [0.4, 0.5) is 0 Å². The van der Waals surface area contributed by atoms with Crippen molar-refractivity contribution in [1.29, 1.82) is 0 Å². The molecule has 5 heteroatoms. The number of nitrogens with one attached hydrogen (secondary N) is 1. The molecule has 0 aliphatic carbocycles. The third-order valence-corrected chi connectivity index (χ3v) is 3.49. The third kappa shape index (κ3) is 4.16. The molecule has 2 aromatic carbocycles. The molecule has 0 heterocycles. The summed E-state index contributed by atoms with van der Waals surface area (Å²) in [5.74, 6) is 0.509. The van der Waals surface area contributed by atoms with Gasteiger partial charge in [-0.1, -0.05) is 17.7 Å². The van der Waals surface area contributed by atoms with Gasteiger partial charge in [-0.3, -0.25) is 4.79 Å². The summed E-state index contributed by atoms with van der Waals surface area (Å²) in [4.78, 5) is 11.9. The number of nitrogens with zero attached hydrogens (tertiary/aromatic N) is 1. The summed E-state index contributed by atoms with van der Waals surface area (Å²) in [6, 6.07) is 12.9. The van der Waals surface area contributed by atoms with Crippen LogP contribution in [0, 0.1) is 6.92 Å². The number of hydrogen-bond donors (Lipinski definition) is 1. The Kier molecular flexibility index (Phi) is 5.11. The molecule has 4 nitrogen and oxygen atoms in total. The Hall–Kier alpha value is -2.14. The van der Waals surface area contributed by atoms with Gasteiger partial charge in [-0.2, -0.15) is 5.10 Å². The standard InChI is InChI=1S/C16H15BrN2O2/c1-11-3-6-13(7-4-11)16(20)19-18-10-12-5-8-15(21-2)14(17)9-12/h3-10H,1-2H3,(H,19,20). The van der Waals surface area contributed by atoms with Gasteiger partial charge in [-0.25, -0.2) is 5.43 Å². The molecule has 0 fully saturated rings. The van der Waals surface area contributed by atoms with Crippen LogP contribution in [0.15, 0.2) is 52.0 Å². The van der Waals surface area contributed by atoms with Crippen LogP contribution in [-0.4, -0.2) is 19.2 Å². The van der Waals surface area contributed by atoms with E-state index in [1.165, 1.54) is 0 Å². The van der Waals surface area contributed by atoms with Gasteiger partial charge in [-0.05, 0) is 58.7 Å². The van der Waals surface area contributed by atoms with Gasteiger partial charge in [0.2, 0.25) is 0 Å². The van der Waals surface area contributed by atoms with Crippen LogP contribution in [0.5, 0.6) is 5.75 Å². The van der Waals surface area contributed by atoms with E-state index < -0.39 is 0 Å². The van der Waals surface area contributed by atoms with Crippen LogP contribution < -0.4 is 10.2 Å². The van der Waals surface area contributed by atoms with Crippen LogP contribution in [0.3, 0.4) is 0 Å². The molecule has 0 unspecified atom stereocenters. The number of rotatable bonds is 4. The van der Waals surface area contributed by atoms with Crippen LogP contribution in [0.25, 0.3) is 0 Å². The molecular weight excluding hydrogens is 332 g/mol. The molecule has 1 amide bonds. The molecule has 0 saturated heterocycles. The largest absolute Gasteiger partial charge is 0.496 e. The molecule has 0 radical (unpaired) electrons. The maximum Gasteiger partial charge on any atom is 0.271 e. The fourth-order valence-electron chi connectivity index (χ4n) is 1.70. The van der Waals surface area contributed by atoms with Crippen LogP contribution >= 0.6 is 15.9 Å². The van der Waals surface area contributed by atoms with Gasteiger partial charge in [-0.15, -0.1) is 0 Å². The van der Waals surface area contributed by atoms with E-state index in [0.717, 1.165) is 21.3 Å². The Morgan fingerprint density at radius 1 is 1.24 bits per heavy atom. The van der Waals surface area contributed by atoms with E-state index in [1.54, 1.807) is 25.5 Å².